The molecule has 3 aromatic rings. The van der Waals surface area contributed by atoms with Crippen LogP contribution in [0.4, 0.5) is 10.1 Å². The SMILES string of the molecule is Cc1cc(F)ccc1NCc1csc(-c2ccsc2)n1. The zero-order valence-electron chi connectivity index (χ0n) is 10.9. The third kappa shape index (κ3) is 2.89. The largest absolute Gasteiger partial charge is 0.379 e. The number of thiazole rings is 1. The van der Waals surface area contributed by atoms with Gasteiger partial charge in [0.05, 0.1) is 12.2 Å². The first kappa shape index (κ1) is 13.3. The smallest absolute Gasteiger partial charge is 0.124 e. The normalized spacial score (nSPS) is 10.7. The van der Waals surface area contributed by atoms with Crippen LogP contribution in [0.15, 0.2) is 40.4 Å². The van der Waals surface area contributed by atoms with Gasteiger partial charge in [0, 0.05) is 22.0 Å². The number of hydrogen-bond donors (Lipinski definition) is 1. The predicted octanol–water partition coefficient (Wildman–Crippen LogP) is 4.93. The lowest BCUT2D eigenvalue weighted by Gasteiger charge is -2.07. The van der Waals surface area contributed by atoms with E-state index in [0.29, 0.717) is 6.54 Å². The molecule has 2 heterocycles. The Morgan fingerprint density at radius 3 is 2.90 bits per heavy atom. The molecule has 0 atom stereocenters. The third-order valence-electron chi connectivity index (χ3n) is 2.97. The number of aromatic nitrogens is 1. The highest BCUT2D eigenvalue weighted by Gasteiger charge is 2.06. The zero-order chi connectivity index (χ0) is 13.9. The summed E-state index contributed by atoms with van der Waals surface area (Å²) < 4.78 is 13.0. The van der Waals surface area contributed by atoms with Crippen molar-refractivity contribution in [2.45, 2.75) is 13.5 Å². The minimum atomic E-state index is -0.207. The highest BCUT2D eigenvalue weighted by atomic mass is 32.1. The van der Waals surface area contributed by atoms with Gasteiger partial charge in [-0.3, -0.25) is 0 Å². The van der Waals surface area contributed by atoms with E-state index in [1.165, 1.54) is 17.7 Å². The Hall–Kier alpha value is -1.72. The second kappa shape index (κ2) is 5.73. The van der Waals surface area contributed by atoms with Crippen LogP contribution >= 0.6 is 22.7 Å². The molecule has 0 saturated carbocycles. The van der Waals surface area contributed by atoms with Crippen molar-refractivity contribution < 1.29 is 4.39 Å². The molecular weight excluding hydrogens is 291 g/mol. The molecule has 1 aromatic carbocycles. The summed E-state index contributed by atoms with van der Waals surface area (Å²) in [6, 6.07) is 6.83. The van der Waals surface area contributed by atoms with Crippen molar-refractivity contribution in [2.24, 2.45) is 0 Å². The Balaban J connectivity index is 1.70. The number of aryl methyl sites for hydroxylation is 1. The molecule has 3 rings (SSSR count). The van der Waals surface area contributed by atoms with E-state index < -0.39 is 0 Å². The van der Waals surface area contributed by atoms with Crippen molar-refractivity contribution in [3.63, 3.8) is 0 Å². The van der Waals surface area contributed by atoms with E-state index in [9.17, 15) is 4.39 Å². The number of nitrogens with zero attached hydrogens (tertiary/aromatic N) is 1. The fourth-order valence-electron chi connectivity index (χ4n) is 1.92. The monoisotopic (exact) mass is 304 g/mol. The van der Waals surface area contributed by atoms with Gasteiger partial charge in [-0.2, -0.15) is 11.3 Å². The fraction of sp³-hybridized carbons (Fsp3) is 0.133. The van der Waals surface area contributed by atoms with Crippen LogP contribution in [0.1, 0.15) is 11.3 Å². The van der Waals surface area contributed by atoms with Gasteiger partial charge in [-0.15, -0.1) is 11.3 Å². The Morgan fingerprint density at radius 2 is 2.15 bits per heavy atom. The predicted molar refractivity (Wildman–Crippen MR) is 83.9 cm³/mol. The lowest BCUT2D eigenvalue weighted by molar-refractivity contribution is 0.627. The highest BCUT2D eigenvalue weighted by Crippen LogP contribution is 2.26. The summed E-state index contributed by atoms with van der Waals surface area (Å²) in [5.41, 5.74) is 4.01. The van der Waals surface area contributed by atoms with Crippen molar-refractivity contribution in [1.82, 2.24) is 4.98 Å². The van der Waals surface area contributed by atoms with Crippen LogP contribution in [0.2, 0.25) is 0 Å². The molecular formula is C15H13FN2S2. The van der Waals surface area contributed by atoms with Gasteiger partial charge in [0.15, 0.2) is 0 Å². The maximum atomic E-state index is 13.0. The van der Waals surface area contributed by atoms with E-state index in [4.69, 9.17) is 0 Å². The average molecular weight is 304 g/mol. The average Bonchev–Trinajstić information content (AvgIpc) is 3.08. The summed E-state index contributed by atoms with van der Waals surface area (Å²) >= 11 is 3.32. The lowest BCUT2D eigenvalue weighted by atomic mass is 10.2. The topological polar surface area (TPSA) is 24.9 Å². The fourth-order valence-corrected chi connectivity index (χ4v) is 3.45. The summed E-state index contributed by atoms with van der Waals surface area (Å²) in [5, 5.41) is 10.5. The Labute approximate surface area is 124 Å². The van der Waals surface area contributed by atoms with E-state index >= 15 is 0 Å². The summed E-state index contributed by atoms with van der Waals surface area (Å²) in [6.07, 6.45) is 0. The van der Waals surface area contributed by atoms with Crippen LogP contribution in [0, 0.1) is 12.7 Å². The maximum absolute atomic E-state index is 13.0. The van der Waals surface area contributed by atoms with Crippen LogP contribution < -0.4 is 5.32 Å². The second-order valence-electron chi connectivity index (χ2n) is 4.47. The molecule has 0 aliphatic rings. The van der Waals surface area contributed by atoms with Crippen molar-refractivity contribution in [3.8, 4) is 10.6 Å². The quantitative estimate of drug-likeness (QED) is 0.739. The molecule has 0 bridgehead atoms. The van der Waals surface area contributed by atoms with Gasteiger partial charge in [-0.05, 0) is 42.1 Å². The zero-order valence-corrected chi connectivity index (χ0v) is 12.5. The van der Waals surface area contributed by atoms with Crippen molar-refractivity contribution in [3.05, 3.63) is 57.5 Å². The van der Waals surface area contributed by atoms with Gasteiger partial charge in [-0.1, -0.05) is 0 Å². The van der Waals surface area contributed by atoms with Gasteiger partial charge in [0.25, 0.3) is 0 Å². The molecule has 0 fully saturated rings. The standard InChI is InChI=1S/C15H13FN2S2/c1-10-6-12(16)2-3-14(10)17-7-13-9-20-15(18-13)11-4-5-19-8-11/h2-6,8-9,17H,7H2,1H3. The minimum Gasteiger partial charge on any atom is -0.379 e. The third-order valence-corrected chi connectivity index (χ3v) is 4.59. The van der Waals surface area contributed by atoms with Gasteiger partial charge in [0.1, 0.15) is 10.8 Å². The van der Waals surface area contributed by atoms with Crippen LogP contribution in [-0.4, -0.2) is 4.98 Å². The molecule has 0 saturated heterocycles. The van der Waals surface area contributed by atoms with Crippen LogP contribution in [-0.2, 0) is 6.54 Å². The number of nitrogens with one attached hydrogen (secondary N) is 1. The number of hydrogen-bond acceptors (Lipinski definition) is 4. The first-order chi connectivity index (χ1) is 9.72. The molecule has 0 radical (unpaired) electrons. The number of anilines is 1. The Kier molecular flexibility index (Phi) is 3.80. The van der Waals surface area contributed by atoms with Crippen LogP contribution in [0.3, 0.4) is 0 Å². The van der Waals surface area contributed by atoms with Gasteiger partial charge in [-0.25, -0.2) is 9.37 Å². The molecule has 102 valence electrons. The van der Waals surface area contributed by atoms with E-state index in [2.05, 4.69) is 32.5 Å². The van der Waals surface area contributed by atoms with E-state index in [1.54, 1.807) is 28.7 Å². The number of benzene rings is 1. The van der Waals surface area contributed by atoms with Gasteiger partial charge < -0.3 is 5.32 Å². The summed E-state index contributed by atoms with van der Waals surface area (Å²) in [7, 11) is 0. The summed E-state index contributed by atoms with van der Waals surface area (Å²) in [5.74, 6) is -0.207. The highest BCUT2D eigenvalue weighted by molar-refractivity contribution is 7.14. The molecule has 2 nitrogen and oxygen atoms in total. The van der Waals surface area contributed by atoms with Crippen LogP contribution in [0.5, 0.6) is 0 Å². The van der Waals surface area contributed by atoms with E-state index in [0.717, 1.165) is 22.0 Å². The van der Waals surface area contributed by atoms with Crippen molar-refractivity contribution in [2.75, 3.05) is 5.32 Å². The van der Waals surface area contributed by atoms with Crippen molar-refractivity contribution >= 4 is 28.4 Å². The number of thiophene rings is 1. The molecule has 0 unspecified atom stereocenters. The van der Waals surface area contributed by atoms with E-state index in [-0.39, 0.29) is 5.82 Å². The lowest BCUT2D eigenvalue weighted by Crippen LogP contribution is -2.01. The van der Waals surface area contributed by atoms with E-state index in [1.807, 2.05) is 6.92 Å². The van der Waals surface area contributed by atoms with Crippen LogP contribution in [0.25, 0.3) is 10.6 Å². The number of rotatable bonds is 4. The molecule has 0 spiro atoms. The molecule has 0 amide bonds. The Bertz CT molecular complexity index is 704. The summed E-state index contributed by atoms with van der Waals surface area (Å²) in [4.78, 5) is 4.60. The molecule has 2 aromatic heterocycles. The van der Waals surface area contributed by atoms with Gasteiger partial charge in [0.2, 0.25) is 0 Å². The molecule has 1 N–H and O–H groups in total. The molecule has 20 heavy (non-hydrogen) atoms. The van der Waals surface area contributed by atoms with Crippen molar-refractivity contribution in [1.29, 1.82) is 0 Å². The first-order valence-corrected chi connectivity index (χ1v) is 8.01. The Morgan fingerprint density at radius 1 is 1.25 bits per heavy atom. The number of halogens is 1. The maximum Gasteiger partial charge on any atom is 0.124 e. The molecule has 5 heteroatoms. The summed E-state index contributed by atoms with van der Waals surface area (Å²) in [6.45, 7) is 2.54. The second-order valence-corrected chi connectivity index (χ2v) is 6.11. The molecule has 0 aliphatic heterocycles. The minimum absolute atomic E-state index is 0.207. The first-order valence-electron chi connectivity index (χ1n) is 6.19. The van der Waals surface area contributed by atoms with Gasteiger partial charge >= 0.3 is 0 Å². The molecule has 0 aliphatic carbocycles.